The Hall–Kier alpha value is -1.43. The van der Waals surface area contributed by atoms with E-state index in [1.165, 1.54) is 13.3 Å². The molecule has 0 aliphatic rings. The normalized spacial score (nSPS) is 12.0. The quantitative estimate of drug-likeness (QED) is 0.797. The van der Waals surface area contributed by atoms with Crippen molar-refractivity contribution in [3.63, 3.8) is 0 Å². The minimum atomic E-state index is -1.37. The van der Waals surface area contributed by atoms with E-state index in [4.69, 9.17) is 23.2 Å². The Morgan fingerprint density at radius 2 is 2.05 bits per heavy atom. The number of hydrogen-bond donors (Lipinski definition) is 0. The summed E-state index contributed by atoms with van der Waals surface area (Å²) < 4.78 is 16.9. The summed E-state index contributed by atoms with van der Waals surface area (Å²) in [4.78, 5) is 15.9. The summed E-state index contributed by atoms with van der Waals surface area (Å²) in [7, 11) is -0.0723. The third kappa shape index (κ3) is 4.03. The highest BCUT2D eigenvalue weighted by molar-refractivity contribution is 7.84. The molecule has 0 fully saturated rings. The van der Waals surface area contributed by atoms with Crippen LogP contribution in [0.2, 0.25) is 10.0 Å². The van der Waals surface area contributed by atoms with Gasteiger partial charge in [0.25, 0.3) is 0 Å². The van der Waals surface area contributed by atoms with Gasteiger partial charge in [0, 0.05) is 11.2 Å². The average Bonchev–Trinajstić information content (AvgIpc) is 2.49. The number of carbonyl (C=O) groups is 1. The van der Waals surface area contributed by atoms with E-state index in [0.717, 1.165) is 0 Å². The highest BCUT2D eigenvalue weighted by Crippen LogP contribution is 2.25. The largest absolute Gasteiger partial charge is 0.465 e. The van der Waals surface area contributed by atoms with Crippen molar-refractivity contribution in [2.75, 3.05) is 7.11 Å². The van der Waals surface area contributed by atoms with Crippen LogP contribution in [0.25, 0.3) is 0 Å². The first kappa shape index (κ1) is 15.9. The maximum atomic E-state index is 12.3. The van der Waals surface area contributed by atoms with E-state index in [0.29, 0.717) is 26.2 Å². The third-order valence-corrected chi connectivity index (χ3v) is 4.73. The molecule has 0 spiro atoms. The molecule has 0 bridgehead atoms. The second-order valence-electron chi connectivity index (χ2n) is 4.09. The Balaban J connectivity index is 2.16. The molecule has 0 saturated heterocycles. The van der Waals surface area contributed by atoms with E-state index < -0.39 is 16.8 Å². The molecule has 0 aliphatic carbocycles. The van der Waals surface area contributed by atoms with Gasteiger partial charge in [-0.25, -0.2) is 4.79 Å². The SMILES string of the molecule is COC(=O)c1ccc(CS(=O)c2cc(Cl)ccc2Cl)nc1. The van der Waals surface area contributed by atoms with Gasteiger partial charge in [-0.2, -0.15) is 0 Å². The first-order valence-corrected chi connectivity index (χ1v) is 7.95. The zero-order valence-electron chi connectivity index (χ0n) is 11.0. The predicted molar refractivity (Wildman–Crippen MR) is 82.2 cm³/mol. The van der Waals surface area contributed by atoms with Crippen molar-refractivity contribution in [1.29, 1.82) is 0 Å². The number of methoxy groups -OCH3 is 1. The van der Waals surface area contributed by atoms with Crippen LogP contribution in [0.3, 0.4) is 0 Å². The maximum absolute atomic E-state index is 12.3. The fraction of sp³-hybridized carbons (Fsp3) is 0.143. The van der Waals surface area contributed by atoms with Gasteiger partial charge in [0.15, 0.2) is 0 Å². The van der Waals surface area contributed by atoms with Crippen LogP contribution in [0.4, 0.5) is 0 Å². The van der Waals surface area contributed by atoms with E-state index in [-0.39, 0.29) is 5.75 Å². The third-order valence-electron chi connectivity index (χ3n) is 2.66. The Kier molecular flexibility index (Phi) is 5.33. The second-order valence-corrected chi connectivity index (χ2v) is 6.36. The molecular formula is C14H11Cl2NO3S. The molecule has 0 radical (unpaired) electrons. The van der Waals surface area contributed by atoms with Crippen molar-refractivity contribution in [1.82, 2.24) is 4.98 Å². The summed E-state index contributed by atoms with van der Waals surface area (Å²) in [6.07, 6.45) is 1.39. The molecule has 1 aromatic heterocycles. The van der Waals surface area contributed by atoms with Crippen LogP contribution in [0.1, 0.15) is 16.1 Å². The summed E-state index contributed by atoms with van der Waals surface area (Å²) in [6.45, 7) is 0. The van der Waals surface area contributed by atoms with Crippen LogP contribution in [0, 0.1) is 0 Å². The minimum absolute atomic E-state index is 0.182. The van der Waals surface area contributed by atoms with Crippen molar-refractivity contribution >= 4 is 40.0 Å². The van der Waals surface area contributed by atoms with Crippen molar-refractivity contribution in [2.45, 2.75) is 10.6 Å². The van der Waals surface area contributed by atoms with Crippen LogP contribution in [0.5, 0.6) is 0 Å². The van der Waals surface area contributed by atoms with Crippen molar-refractivity contribution in [2.24, 2.45) is 0 Å². The predicted octanol–water partition coefficient (Wildman–Crippen LogP) is 3.48. The Morgan fingerprint density at radius 3 is 2.67 bits per heavy atom. The number of ether oxygens (including phenoxy) is 1. The molecule has 1 atom stereocenters. The lowest BCUT2D eigenvalue weighted by Crippen LogP contribution is -2.04. The lowest BCUT2D eigenvalue weighted by molar-refractivity contribution is 0.0600. The zero-order valence-corrected chi connectivity index (χ0v) is 13.3. The van der Waals surface area contributed by atoms with Crippen molar-refractivity contribution in [3.8, 4) is 0 Å². The molecule has 0 N–H and O–H groups in total. The fourth-order valence-corrected chi connectivity index (χ4v) is 3.36. The average molecular weight is 344 g/mol. The number of nitrogens with zero attached hydrogens (tertiary/aromatic N) is 1. The van der Waals surface area contributed by atoms with Gasteiger partial charge in [-0.1, -0.05) is 23.2 Å². The van der Waals surface area contributed by atoms with Gasteiger partial charge < -0.3 is 4.74 Å². The molecule has 2 aromatic rings. The van der Waals surface area contributed by atoms with Gasteiger partial charge in [0.2, 0.25) is 0 Å². The second kappa shape index (κ2) is 7.02. The first-order chi connectivity index (χ1) is 10.0. The molecule has 7 heteroatoms. The Labute approximate surface area is 134 Å². The zero-order chi connectivity index (χ0) is 15.4. The molecule has 21 heavy (non-hydrogen) atoms. The standard InChI is InChI=1S/C14H11Cl2NO3S/c1-20-14(18)9-2-4-11(17-7-9)8-21(19)13-6-10(15)3-5-12(13)16/h2-7H,8H2,1H3. The number of hydrogen-bond acceptors (Lipinski definition) is 4. The van der Waals surface area contributed by atoms with E-state index in [2.05, 4.69) is 9.72 Å². The molecule has 0 aliphatic heterocycles. The molecule has 0 amide bonds. The number of aromatic nitrogens is 1. The number of halogens is 2. The van der Waals surface area contributed by atoms with Crippen LogP contribution < -0.4 is 0 Å². The summed E-state index contributed by atoms with van der Waals surface area (Å²) in [5.41, 5.74) is 0.921. The van der Waals surface area contributed by atoms with Gasteiger partial charge in [0.05, 0.1) is 44.8 Å². The van der Waals surface area contributed by atoms with Crippen LogP contribution in [-0.2, 0) is 21.3 Å². The fourth-order valence-electron chi connectivity index (χ4n) is 1.61. The van der Waals surface area contributed by atoms with E-state index in [1.807, 2.05) is 0 Å². The molecule has 1 unspecified atom stereocenters. The van der Waals surface area contributed by atoms with E-state index in [1.54, 1.807) is 30.3 Å². The number of pyridine rings is 1. The van der Waals surface area contributed by atoms with Crippen LogP contribution in [-0.4, -0.2) is 22.3 Å². The lowest BCUT2D eigenvalue weighted by atomic mass is 10.2. The maximum Gasteiger partial charge on any atom is 0.339 e. The minimum Gasteiger partial charge on any atom is -0.465 e. The number of rotatable bonds is 4. The number of esters is 1. The van der Waals surface area contributed by atoms with E-state index in [9.17, 15) is 9.00 Å². The molecule has 1 aromatic carbocycles. The van der Waals surface area contributed by atoms with E-state index >= 15 is 0 Å². The summed E-state index contributed by atoms with van der Waals surface area (Å²) >= 11 is 11.9. The summed E-state index contributed by atoms with van der Waals surface area (Å²) in [6, 6.07) is 8.01. The molecule has 0 saturated carbocycles. The van der Waals surface area contributed by atoms with Crippen LogP contribution >= 0.6 is 23.2 Å². The lowest BCUT2D eigenvalue weighted by Gasteiger charge is -2.05. The monoisotopic (exact) mass is 343 g/mol. The van der Waals surface area contributed by atoms with Gasteiger partial charge in [-0.3, -0.25) is 9.19 Å². The van der Waals surface area contributed by atoms with Gasteiger partial charge >= 0.3 is 5.97 Å². The van der Waals surface area contributed by atoms with Gasteiger partial charge in [-0.05, 0) is 30.3 Å². The Bertz CT molecular complexity index is 689. The highest BCUT2D eigenvalue weighted by atomic mass is 35.5. The van der Waals surface area contributed by atoms with Gasteiger partial charge in [0.1, 0.15) is 0 Å². The van der Waals surface area contributed by atoms with Crippen molar-refractivity contribution in [3.05, 3.63) is 57.8 Å². The summed E-state index contributed by atoms with van der Waals surface area (Å²) in [5.74, 6) is -0.283. The smallest absolute Gasteiger partial charge is 0.339 e. The van der Waals surface area contributed by atoms with Crippen molar-refractivity contribution < 1.29 is 13.7 Å². The van der Waals surface area contributed by atoms with Crippen LogP contribution in [0.15, 0.2) is 41.4 Å². The highest BCUT2D eigenvalue weighted by Gasteiger charge is 2.12. The summed E-state index contributed by atoms with van der Waals surface area (Å²) in [5, 5.41) is 0.862. The first-order valence-electron chi connectivity index (χ1n) is 5.88. The molecule has 1 heterocycles. The topological polar surface area (TPSA) is 56.3 Å². The molecular weight excluding hydrogens is 333 g/mol. The number of benzene rings is 1. The molecule has 4 nitrogen and oxygen atoms in total. The number of carbonyl (C=O) groups excluding carboxylic acids is 1. The Morgan fingerprint density at radius 1 is 1.29 bits per heavy atom. The molecule has 110 valence electrons. The van der Waals surface area contributed by atoms with Gasteiger partial charge in [-0.15, -0.1) is 0 Å². The molecule has 2 rings (SSSR count).